The summed E-state index contributed by atoms with van der Waals surface area (Å²) < 4.78 is 2.11. The second kappa shape index (κ2) is 7.30. The van der Waals surface area contributed by atoms with Crippen LogP contribution < -0.4 is 5.32 Å². The minimum Gasteiger partial charge on any atom is -0.347 e. The molecule has 0 spiro atoms. The summed E-state index contributed by atoms with van der Waals surface area (Å²) in [5.41, 5.74) is 6.32. The van der Waals surface area contributed by atoms with E-state index in [1.165, 1.54) is 5.69 Å². The van der Waals surface area contributed by atoms with Gasteiger partial charge in [-0.05, 0) is 69.5 Å². The quantitative estimate of drug-likeness (QED) is 0.533. The van der Waals surface area contributed by atoms with Crippen molar-refractivity contribution in [1.82, 2.24) is 25.1 Å². The van der Waals surface area contributed by atoms with Gasteiger partial charge >= 0.3 is 0 Å². The first-order valence-corrected chi connectivity index (χ1v) is 10.6. The lowest BCUT2D eigenvalue weighted by Gasteiger charge is -2.20. The Balaban J connectivity index is 1.66. The summed E-state index contributed by atoms with van der Waals surface area (Å²) in [7, 11) is 0. The molecule has 6 nitrogen and oxygen atoms in total. The molecule has 1 N–H and O–H groups in total. The minimum atomic E-state index is -0.294. The van der Waals surface area contributed by atoms with Crippen LogP contribution in [0.15, 0.2) is 54.9 Å². The molecular weight excluding hydrogens is 386 g/mol. The van der Waals surface area contributed by atoms with Gasteiger partial charge in [-0.3, -0.25) is 19.4 Å². The van der Waals surface area contributed by atoms with Gasteiger partial charge in [0.25, 0.3) is 5.91 Å². The van der Waals surface area contributed by atoms with Gasteiger partial charge < -0.3 is 5.32 Å². The van der Waals surface area contributed by atoms with E-state index in [1.54, 1.807) is 6.20 Å². The fourth-order valence-electron chi connectivity index (χ4n) is 4.22. The Kier molecular flexibility index (Phi) is 4.58. The van der Waals surface area contributed by atoms with Crippen LogP contribution in [0.4, 0.5) is 0 Å². The zero-order chi connectivity index (χ0) is 21.6. The van der Waals surface area contributed by atoms with Gasteiger partial charge in [-0.2, -0.15) is 5.10 Å². The van der Waals surface area contributed by atoms with Crippen molar-refractivity contribution in [2.24, 2.45) is 0 Å². The molecule has 0 atom stereocenters. The fourth-order valence-corrected chi connectivity index (χ4v) is 4.22. The van der Waals surface area contributed by atoms with Gasteiger partial charge in [-0.15, -0.1) is 0 Å². The zero-order valence-corrected chi connectivity index (χ0v) is 18.0. The molecule has 0 aliphatic carbocycles. The van der Waals surface area contributed by atoms with E-state index >= 15 is 0 Å². The normalized spacial score (nSPS) is 13.4. The van der Waals surface area contributed by atoms with E-state index in [4.69, 9.17) is 5.10 Å². The van der Waals surface area contributed by atoms with E-state index in [1.807, 2.05) is 69.4 Å². The molecule has 0 radical (unpaired) electrons. The highest BCUT2D eigenvalue weighted by molar-refractivity contribution is 6.03. The summed E-state index contributed by atoms with van der Waals surface area (Å²) in [6.45, 7) is 6.85. The lowest BCUT2D eigenvalue weighted by Crippen LogP contribution is -2.40. The predicted molar refractivity (Wildman–Crippen MR) is 122 cm³/mol. The van der Waals surface area contributed by atoms with Crippen molar-refractivity contribution >= 4 is 16.8 Å². The third-order valence-electron chi connectivity index (χ3n) is 5.51. The summed E-state index contributed by atoms with van der Waals surface area (Å²) in [6, 6.07) is 13.7. The van der Waals surface area contributed by atoms with Crippen LogP contribution in [0.5, 0.6) is 0 Å². The SMILES string of the molecule is CC(C)(C)NC(=O)c1ccc2c(-c3c(-c4ccccn4)nn4c3CCC4)ccnc2c1. The summed E-state index contributed by atoms with van der Waals surface area (Å²) in [5, 5.41) is 8.93. The summed E-state index contributed by atoms with van der Waals surface area (Å²) in [4.78, 5) is 21.8. The number of carbonyl (C=O) groups excluding carboxylic acids is 1. The van der Waals surface area contributed by atoms with Gasteiger partial charge in [-0.25, -0.2) is 0 Å². The number of rotatable bonds is 3. The van der Waals surface area contributed by atoms with Crippen molar-refractivity contribution in [2.75, 3.05) is 0 Å². The number of hydrogen-bond donors (Lipinski definition) is 1. The van der Waals surface area contributed by atoms with Gasteiger partial charge in [0, 0.05) is 46.7 Å². The highest BCUT2D eigenvalue weighted by Crippen LogP contribution is 2.39. The number of amides is 1. The molecule has 156 valence electrons. The summed E-state index contributed by atoms with van der Waals surface area (Å²) in [6.07, 6.45) is 5.70. The van der Waals surface area contributed by atoms with Crippen LogP contribution in [0.3, 0.4) is 0 Å². The maximum atomic E-state index is 12.6. The maximum absolute atomic E-state index is 12.6. The third-order valence-corrected chi connectivity index (χ3v) is 5.51. The lowest BCUT2D eigenvalue weighted by molar-refractivity contribution is 0.0919. The van der Waals surface area contributed by atoms with Gasteiger partial charge in [-0.1, -0.05) is 12.1 Å². The van der Waals surface area contributed by atoms with E-state index in [2.05, 4.69) is 20.0 Å². The highest BCUT2D eigenvalue weighted by Gasteiger charge is 2.25. The monoisotopic (exact) mass is 411 g/mol. The van der Waals surface area contributed by atoms with Crippen LogP contribution in [0, 0.1) is 0 Å². The Hall–Kier alpha value is -3.54. The standard InChI is InChI=1S/C25H25N5O/c1-25(2,3)28-24(31)16-9-10-17-18(11-13-27-20(17)15-16)22-21-8-6-14-30(21)29-23(22)19-7-4-5-12-26-19/h4-5,7,9-13,15H,6,8,14H2,1-3H3,(H,28,31). The molecule has 1 aliphatic heterocycles. The third kappa shape index (κ3) is 3.58. The molecule has 0 fully saturated rings. The van der Waals surface area contributed by atoms with Crippen molar-refractivity contribution in [3.63, 3.8) is 0 Å². The number of nitrogens with one attached hydrogen (secondary N) is 1. The molecule has 1 aromatic carbocycles. The fraction of sp³-hybridized carbons (Fsp3) is 0.280. The molecule has 0 saturated carbocycles. The minimum absolute atomic E-state index is 0.0952. The first kappa shape index (κ1) is 19.4. The van der Waals surface area contributed by atoms with E-state index in [-0.39, 0.29) is 11.4 Å². The Labute approximate surface area is 181 Å². The Morgan fingerprint density at radius 1 is 1.06 bits per heavy atom. The van der Waals surface area contributed by atoms with Crippen molar-refractivity contribution < 1.29 is 4.79 Å². The van der Waals surface area contributed by atoms with Crippen LogP contribution in [-0.4, -0.2) is 31.2 Å². The molecule has 6 heteroatoms. The molecular formula is C25H25N5O. The van der Waals surface area contributed by atoms with Crippen molar-refractivity contribution in [3.8, 4) is 22.5 Å². The summed E-state index contributed by atoms with van der Waals surface area (Å²) in [5.74, 6) is -0.0952. The second-order valence-corrected chi connectivity index (χ2v) is 9.01. The zero-order valence-electron chi connectivity index (χ0n) is 18.0. The number of pyridine rings is 2. The van der Waals surface area contributed by atoms with E-state index in [9.17, 15) is 4.79 Å². The molecule has 1 aliphatic rings. The average Bonchev–Trinajstić information content (AvgIpc) is 3.34. The Morgan fingerprint density at radius 2 is 1.94 bits per heavy atom. The predicted octanol–water partition coefficient (Wildman–Crippen LogP) is 4.63. The maximum Gasteiger partial charge on any atom is 0.251 e. The molecule has 1 amide bonds. The molecule has 0 bridgehead atoms. The number of aromatic nitrogens is 4. The molecule has 4 aromatic rings. The highest BCUT2D eigenvalue weighted by atomic mass is 16.1. The van der Waals surface area contributed by atoms with Crippen LogP contribution >= 0.6 is 0 Å². The Morgan fingerprint density at radius 3 is 2.71 bits per heavy atom. The molecule has 31 heavy (non-hydrogen) atoms. The first-order chi connectivity index (χ1) is 14.9. The van der Waals surface area contributed by atoms with Crippen LogP contribution in [0.1, 0.15) is 43.2 Å². The van der Waals surface area contributed by atoms with Crippen LogP contribution in [0.25, 0.3) is 33.4 Å². The van der Waals surface area contributed by atoms with Gasteiger partial charge in [0.05, 0.1) is 11.2 Å². The largest absolute Gasteiger partial charge is 0.347 e. The van der Waals surface area contributed by atoms with Gasteiger partial charge in [0.2, 0.25) is 0 Å². The Bertz CT molecular complexity index is 1280. The van der Waals surface area contributed by atoms with Crippen molar-refractivity contribution in [1.29, 1.82) is 0 Å². The number of aryl methyl sites for hydroxylation is 1. The first-order valence-electron chi connectivity index (χ1n) is 10.6. The average molecular weight is 412 g/mol. The van der Waals surface area contributed by atoms with Crippen molar-refractivity contribution in [2.45, 2.75) is 45.7 Å². The molecule has 5 rings (SSSR count). The number of benzene rings is 1. The number of carbonyl (C=O) groups is 1. The molecule has 4 heterocycles. The topological polar surface area (TPSA) is 72.7 Å². The van der Waals surface area contributed by atoms with E-state index in [0.29, 0.717) is 5.56 Å². The number of fused-ring (bicyclic) bond motifs is 2. The molecule has 3 aromatic heterocycles. The van der Waals surface area contributed by atoms with Gasteiger partial charge in [0.1, 0.15) is 5.69 Å². The van der Waals surface area contributed by atoms with Crippen LogP contribution in [0.2, 0.25) is 0 Å². The number of nitrogens with zero attached hydrogens (tertiary/aromatic N) is 4. The summed E-state index contributed by atoms with van der Waals surface area (Å²) >= 11 is 0. The van der Waals surface area contributed by atoms with Crippen molar-refractivity contribution in [3.05, 3.63) is 66.1 Å². The number of hydrogen-bond acceptors (Lipinski definition) is 4. The van der Waals surface area contributed by atoms with Crippen LogP contribution in [-0.2, 0) is 13.0 Å². The molecule has 0 saturated heterocycles. The van der Waals surface area contributed by atoms with Gasteiger partial charge in [0.15, 0.2) is 0 Å². The second-order valence-electron chi connectivity index (χ2n) is 9.01. The molecule has 0 unspecified atom stereocenters. The van der Waals surface area contributed by atoms with E-state index < -0.39 is 0 Å². The van der Waals surface area contributed by atoms with E-state index in [0.717, 1.165) is 52.8 Å². The lowest BCUT2D eigenvalue weighted by atomic mass is 9.96. The smallest absolute Gasteiger partial charge is 0.251 e.